The summed E-state index contributed by atoms with van der Waals surface area (Å²) in [5.74, 6) is -0.230. The summed E-state index contributed by atoms with van der Waals surface area (Å²) in [5, 5.41) is 9.35. The zero-order valence-electron chi connectivity index (χ0n) is 13.3. The number of aryl methyl sites for hydroxylation is 1. The molecule has 0 spiro atoms. The van der Waals surface area contributed by atoms with Crippen LogP contribution in [0.3, 0.4) is 0 Å². The molecule has 1 aliphatic heterocycles. The highest BCUT2D eigenvalue weighted by Gasteiger charge is 2.27. The number of nitrogens with zero attached hydrogens (tertiary/aromatic N) is 1. The number of nitrogens with one attached hydrogen (secondary N) is 1. The number of amides is 1. The molecule has 0 saturated heterocycles. The third-order valence-corrected chi connectivity index (χ3v) is 2.01. The molecule has 0 atom stereocenters. The molecule has 142 valence electrons. The zero-order valence-corrected chi connectivity index (χ0v) is 14.9. The number of rotatable bonds is 0. The minimum absolute atomic E-state index is 0. The van der Waals surface area contributed by atoms with Crippen LogP contribution in [0, 0.1) is 6.92 Å². The molecule has 2 N–H and O–H groups in total. The van der Waals surface area contributed by atoms with E-state index in [1.165, 1.54) is 0 Å². The van der Waals surface area contributed by atoms with Crippen molar-refractivity contribution in [3.8, 4) is 5.88 Å². The van der Waals surface area contributed by atoms with E-state index in [1.54, 1.807) is 13.8 Å². The molecule has 8 nitrogen and oxygen atoms in total. The van der Waals surface area contributed by atoms with E-state index in [9.17, 15) is 26.7 Å². The van der Waals surface area contributed by atoms with Gasteiger partial charge in [-0.15, -0.1) is 0 Å². The minimum atomic E-state index is -2.67. The first-order chi connectivity index (χ1) is 9.61. The normalized spacial score (nSPS) is 12.2. The fourth-order valence-corrected chi connectivity index (χ4v) is 1.49. The molecule has 0 radical (unpaired) electrons. The molecule has 0 saturated carbocycles. The number of H-pyrrole nitrogens is 1. The SMILES string of the molecule is C.C.CC1=NC(=O)c2c(C)[nH]c(O)c21.CS(C)(=O)=O.CS(C)(=O)=O. The Hall–Kier alpha value is -1.68. The minimum Gasteiger partial charge on any atom is -0.494 e. The highest BCUT2D eigenvalue weighted by atomic mass is 32.2. The maximum absolute atomic E-state index is 11.2. The summed E-state index contributed by atoms with van der Waals surface area (Å²) in [6.45, 7) is 3.45. The van der Waals surface area contributed by atoms with Crippen LogP contribution in [-0.2, 0) is 19.7 Å². The van der Waals surface area contributed by atoms with Crippen LogP contribution in [0.15, 0.2) is 4.99 Å². The van der Waals surface area contributed by atoms with E-state index in [0.717, 1.165) is 25.0 Å². The van der Waals surface area contributed by atoms with Crippen molar-refractivity contribution in [1.82, 2.24) is 4.98 Å². The van der Waals surface area contributed by atoms with Crippen molar-refractivity contribution in [2.45, 2.75) is 28.7 Å². The third-order valence-electron chi connectivity index (χ3n) is 2.01. The topological polar surface area (TPSA) is 134 Å². The molecule has 1 aromatic rings. The van der Waals surface area contributed by atoms with Crippen LogP contribution in [-0.4, -0.2) is 63.6 Å². The van der Waals surface area contributed by atoms with Crippen LogP contribution < -0.4 is 0 Å². The molecule has 0 aromatic carbocycles. The first-order valence-electron chi connectivity index (χ1n) is 5.92. The van der Waals surface area contributed by atoms with E-state index >= 15 is 0 Å². The Kier molecular flexibility index (Phi) is 10.8. The molecule has 0 unspecified atom stereocenters. The van der Waals surface area contributed by atoms with Gasteiger partial charge in [-0.1, -0.05) is 14.9 Å². The Morgan fingerprint density at radius 3 is 1.50 bits per heavy atom. The lowest BCUT2D eigenvalue weighted by atomic mass is 10.1. The van der Waals surface area contributed by atoms with E-state index in [-0.39, 0.29) is 26.6 Å². The number of hydrogen-bond acceptors (Lipinski definition) is 6. The standard InChI is InChI=1S/C8H8N2O2.2C2H6O2S.2CH4/c1-3-5-6(8(12)9-3)4(2)10-7(5)11;2*1-5(2,3)4;;/h9,12H,1-2H3;2*1-2H3;2*1H4. The molecule has 1 aromatic heterocycles. The fourth-order valence-electron chi connectivity index (χ4n) is 1.49. The van der Waals surface area contributed by atoms with Crippen LogP contribution in [0.25, 0.3) is 0 Å². The summed E-state index contributed by atoms with van der Waals surface area (Å²) in [5.41, 5.74) is 2.31. The van der Waals surface area contributed by atoms with Crippen LogP contribution in [0.1, 0.15) is 43.4 Å². The molecule has 1 aliphatic rings. The van der Waals surface area contributed by atoms with Gasteiger partial charge in [-0.2, -0.15) is 0 Å². The first kappa shape index (κ1) is 27.2. The van der Waals surface area contributed by atoms with E-state index in [2.05, 4.69) is 9.98 Å². The molecule has 10 heteroatoms. The van der Waals surface area contributed by atoms with Gasteiger partial charge in [-0.3, -0.25) is 4.79 Å². The Labute approximate surface area is 144 Å². The van der Waals surface area contributed by atoms with Gasteiger partial charge in [0.05, 0.1) is 16.8 Å². The van der Waals surface area contributed by atoms with Crippen molar-refractivity contribution in [3.63, 3.8) is 0 Å². The Morgan fingerprint density at radius 2 is 1.21 bits per heavy atom. The smallest absolute Gasteiger partial charge is 0.279 e. The second kappa shape index (κ2) is 9.58. The maximum Gasteiger partial charge on any atom is 0.279 e. The summed E-state index contributed by atoms with van der Waals surface area (Å²) in [6.07, 6.45) is 4.64. The molecule has 0 bridgehead atoms. The summed E-state index contributed by atoms with van der Waals surface area (Å²) >= 11 is 0. The quantitative estimate of drug-likeness (QED) is 0.697. The lowest BCUT2D eigenvalue weighted by molar-refractivity contribution is 0.101. The molecule has 0 aliphatic carbocycles. The van der Waals surface area contributed by atoms with Crippen LogP contribution in [0.4, 0.5) is 0 Å². The van der Waals surface area contributed by atoms with E-state index < -0.39 is 19.7 Å². The van der Waals surface area contributed by atoms with Crippen molar-refractivity contribution in [2.24, 2.45) is 4.99 Å². The molecule has 2 rings (SSSR count). The van der Waals surface area contributed by atoms with Gasteiger partial charge in [0.15, 0.2) is 5.88 Å². The average Bonchev–Trinajstić information content (AvgIpc) is 2.63. The number of carbonyl (C=O) groups is 1. The molecule has 24 heavy (non-hydrogen) atoms. The Bertz CT molecular complexity index is 757. The summed E-state index contributed by atoms with van der Waals surface area (Å²) in [6, 6.07) is 0. The van der Waals surface area contributed by atoms with Gasteiger partial charge < -0.3 is 10.1 Å². The predicted molar refractivity (Wildman–Crippen MR) is 98.7 cm³/mol. The number of aromatic hydroxyl groups is 1. The molecular weight excluding hydrogens is 356 g/mol. The molecule has 2 heterocycles. The van der Waals surface area contributed by atoms with Gasteiger partial charge in [0, 0.05) is 30.7 Å². The van der Waals surface area contributed by atoms with Crippen molar-refractivity contribution in [1.29, 1.82) is 0 Å². The van der Waals surface area contributed by atoms with Crippen molar-refractivity contribution in [2.75, 3.05) is 25.0 Å². The fraction of sp³-hybridized carbons (Fsp3) is 0.571. The van der Waals surface area contributed by atoms with Gasteiger partial charge in [0.2, 0.25) is 0 Å². The monoisotopic (exact) mass is 384 g/mol. The van der Waals surface area contributed by atoms with Gasteiger partial charge in [-0.25, -0.2) is 21.8 Å². The number of aliphatic imine (C=N–C) groups is 1. The average molecular weight is 385 g/mol. The first-order valence-corrected chi connectivity index (χ1v) is 10.5. The second-order valence-electron chi connectivity index (χ2n) is 5.14. The Morgan fingerprint density at radius 1 is 0.875 bits per heavy atom. The zero-order chi connectivity index (χ0) is 17.9. The predicted octanol–water partition coefficient (Wildman–Crippen LogP) is 1.59. The second-order valence-corrected chi connectivity index (χ2v) is 9.71. The lowest BCUT2D eigenvalue weighted by Crippen LogP contribution is -1.90. The van der Waals surface area contributed by atoms with Gasteiger partial charge >= 0.3 is 0 Å². The van der Waals surface area contributed by atoms with Gasteiger partial charge in [0.1, 0.15) is 19.7 Å². The van der Waals surface area contributed by atoms with Gasteiger partial charge in [-0.05, 0) is 13.8 Å². The van der Waals surface area contributed by atoms with Crippen molar-refractivity contribution >= 4 is 31.3 Å². The van der Waals surface area contributed by atoms with E-state index in [0.29, 0.717) is 22.5 Å². The van der Waals surface area contributed by atoms with Crippen molar-refractivity contribution in [3.05, 3.63) is 16.8 Å². The van der Waals surface area contributed by atoms with Crippen LogP contribution in [0.2, 0.25) is 0 Å². The number of carbonyl (C=O) groups excluding carboxylic acids is 1. The third kappa shape index (κ3) is 10.9. The number of aromatic amines is 1. The van der Waals surface area contributed by atoms with Gasteiger partial charge in [0.25, 0.3) is 5.91 Å². The summed E-state index contributed by atoms with van der Waals surface area (Å²) < 4.78 is 38.5. The number of sulfone groups is 2. The van der Waals surface area contributed by atoms with Crippen LogP contribution in [0.5, 0.6) is 5.88 Å². The largest absolute Gasteiger partial charge is 0.494 e. The maximum atomic E-state index is 11.2. The highest BCUT2D eigenvalue weighted by Crippen LogP contribution is 2.29. The highest BCUT2D eigenvalue weighted by molar-refractivity contribution is 7.90. The van der Waals surface area contributed by atoms with E-state index in [4.69, 9.17) is 0 Å². The molecule has 0 fully saturated rings. The molecular formula is C14H28N2O6S2. The summed E-state index contributed by atoms with van der Waals surface area (Å²) in [7, 11) is -5.33. The van der Waals surface area contributed by atoms with Crippen molar-refractivity contribution < 1.29 is 26.7 Å². The number of hydrogen-bond donors (Lipinski definition) is 2. The number of aromatic nitrogens is 1. The lowest BCUT2D eigenvalue weighted by Gasteiger charge is -1.89. The van der Waals surface area contributed by atoms with Crippen LogP contribution >= 0.6 is 0 Å². The Balaban J connectivity index is -0.000000316. The number of fused-ring (bicyclic) bond motifs is 1. The summed E-state index contributed by atoms with van der Waals surface area (Å²) in [4.78, 5) is 17.6. The molecule has 1 amide bonds. The van der Waals surface area contributed by atoms with E-state index in [1.807, 2.05) is 0 Å².